The first-order valence-corrected chi connectivity index (χ1v) is 12.7. The Kier molecular flexibility index (Phi) is 8.01. The quantitative estimate of drug-likeness (QED) is 0.579. The zero-order valence-corrected chi connectivity index (χ0v) is 22.6. The van der Waals surface area contributed by atoms with Gasteiger partial charge in [0, 0.05) is 40.6 Å². The molecule has 0 saturated carbocycles. The molecule has 6 nitrogen and oxygen atoms in total. The molecule has 0 spiro atoms. The maximum Gasteiger partial charge on any atom is 0.272 e. The van der Waals surface area contributed by atoms with Crippen molar-refractivity contribution < 1.29 is 19.4 Å². The van der Waals surface area contributed by atoms with Gasteiger partial charge < -0.3 is 9.88 Å². The predicted molar refractivity (Wildman–Crippen MR) is 141 cm³/mol. The van der Waals surface area contributed by atoms with Crippen LogP contribution in [0.25, 0.3) is 5.57 Å². The summed E-state index contributed by atoms with van der Waals surface area (Å²) in [6.07, 6.45) is 5.41. The second kappa shape index (κ2) is 10.5. The summed E-state index contributed by atoms with van der Waals surface area (Å²) < 4.78 is 13.3. The summed E-state index contributed by atoms with van der Waals surface area (Å²) in [4.78, 5) is 36.3. The van der Waals surface area contributed by atoms with Gasteiger partial charge in [0.2, 0.25) is 5.71 Å². The lowest BCUT2D eigenvalue weighted by atomic mass is 9.74. The van der Waals surface area contributed by atoms with E-state index < -0.39 is 11.0 Å². The number of hydrogen-bond donors (Lipinski definition) is 2. The van der Waals surface area contributed by atoms with Gasteiger partial charge in [-0.1, -0.05) is 34.6 Å². The number of carbonyl (C=O) groups excluding carboxylic acids is 2. The lowest BCUT2D eigenvalue weighted by Crippen LogP contribution is -2.47. The molecular formula is C29H40FN4O2+. The molecule has 2 aromatic rings. The number of imidazole rings is 1. The molecule has 1 amide bonds. The van der Waals surface area contributed by atoms with Gasteiger partial charge in [-0.05, 0) is 63.3 Å². The van der Waals surface area contributed by atoms with Crippen molar-refractivity contribution in [3.05, 3.63) is 59.4 Å². The summed E-state index contributed by atoms with van der Waals surface area (Å²) in [5.74, 6) is 0.505. The lowest BCUT2D eigenvalue weighted by molar-refractivity contribution is -0.132. The predicted octanol–water partition coefficient (Wildman–Crippen LogP) is 4.47. The molecule has 0 bridgehead atoms. The van der Waals surface area contributed by atoms with Crippen LogP contribution in [-0.4, -0.2) is 44.4 Å². The zero-order valence-electron chi connectivity index (χ0n) is 22.6. The Morgan fingerprint density at radius 3 is 2.47 bits per heavy atom. The third-order valence-corrected chi connectivity index (χ3v) is 7.22. The molecule has 1 aromatic carbocycles. The van der Waals surface area contributed by atoms with Crippen LogP contribution in [-0.2, 0) is 4.79 Å². The number of Topliss-reactive ketones (excluding diaryl/α,β-unsaturated/α-hetero) is 1. The number of benzene rings is 1. The molecule has 1 aliphatic heterocycles. The number of nitrogens with zero attached hydrogens (tertiary/aromatic N) is 2. The number of aromatic amines is 1. The molecule has 1 aromatic heterocycles. The van der Waals surface area contributed by atoms with Crippen LogP contribution in [0.2, 0.25) is 0 Å². The van der Waals surface area contributed by atoms with Crippen LogP contribution in [0, 0.1) is 23.1 Å². The number of ketones is 1. The summed E-state index contributed by atoms with van der Waals surface area (Å²) in [6.45, 7) is 14.7. The molecule has 1 fully saturated rings. The number of nitrogens with two attached hydrogens (primary N) is 1. The van der Waals surface area contributed by atoms with Crippen LogP contribution in [0.5, 0.6) is 0 Å². The summed E-state index contributed by atoms with van der Waals surface area (Å²) in [5.41, 5.74) is 1.65. The van der Waals surface area contributed by atoms with Gasteiger partial charge in [0.15, 0.2) is 0 Å². The Morgan fingerprint density at radius 2 is 1.89 bits per heavy atom. The Labute approximate surface area is 213 Å². The highest BCUT2D eigenvalue weighted by Crippen LogP contribution is 2.38. The van der Waals surface area contributed by atoms with Gasteiger partial charge >= 0.3 is 0 Å². The molecule has 36 heavy (non-hydrogen) atoms. The number of carbonyl (C=O) groups is 2. The van der Waals surface area contributed by atoms with Gasteiger partial charge in [-0.25, -0.2) is 9.37 Å². The molecule has 0 aliphatic carbocycles. The van der Waals surface area contributed by atoms with Crippen molar-refractivity contribution in [2.24, 2.45) is 17.3 Å². The Hall–Kier alpha value is -3.09. The van der Waals surface area contributed by atoms with Crippen molar-refractivity contribution in [1.29, 1.82) is 0 Å². The highest BCUT2D eigenvalue weighted by Gasteiger charge is 2.42. The molecule has 3 rings (SSSR count). The number of likely N-dealkylation sites (tertiary alicyclic amines) is 1. The van der Waals surface area contributed by atoms with Gasteiger partial charge in [-0.3, -0.25) is 15.0 Å². The summed E-state index contributed by atoms with van der Waals surface area (Å²) >= 11 is 0. The molecule has 194 valence electrons. The first kappa shape index (κ1) is 27.5. The summed E-state index contributed by atoms with van der Waals surface area (Å²) in [7, 11) is 0. The van der Waals surface area contributed by atoms with E-state index in [9.17, 15) is 14.0 Å². The number of hydrogen-bond acceptors (Lipinski definition) is 3. The number of halogens is 1. The normalized spacial score (nSPS) is 20.7. The molecule has 2 heterocycles. The Morgan fingerprint density at radius 1 is 1.25 bits per heavy atom. The third-order valence-electron chi connectivity index (χ3n) is 7.22. The van der Waals surface area contributed by atoms with E-state index in [1.165, 1.54) is 12.1 Å². The highest BCUT2D eigenvalue weighted by molar-refractivity contribution is 6.08. The number of rotatable bonds is 6. The Bertz CT molecular complexity index is 1150. The van der Waals surface area contributed by atoms with E-state index in [0.29, 0.717) is 42.2 Å². The molecule has 2 unspecified atom stereocenters. The van der Waals surface area contributed by atoms with Crippen molar-refractivity contribution in [2.75, 3.05) is 6.54 Å². The zero-order chi connectivity index (χ0) is 26.8. The average Bonchev–Trinajstić information content (AvgIpc) is 3.24. The number of H-pyrrole nitrogens is 1. The molecular weight excluding hydrogens is 455 g/mol. The maximum atomic E-state index is 13.6. The topological polar surface area (TPSA) is 91.7 Å². The lowest BCUT2D eigenvalue weighted by Gasteiger charge is -2.38. The van der Waals surface area contributed by atoms with Crippen LogP contribution >= 0.6 is 0 Å². The summed E-state index contributed by atoms with van der Waals surface area (Å²) in [6, 6.07) is 6.00. The van der Waals surface area contributed by atoms with Crippen LogP contribution in [0.3, 0.4) is 0 Å². The highest BCUT2D eigenvalue weighted by atomic mass is 19.1. The monoisotopic (exact) mass is 495 g/mol. The SMILES string of the molecule is CC/C(=C/C(=[NH2+])c1ccc(F)cc1)c1ncc(C(=O)N2CCC(C(=O)C(C)(C)C)C(C)CC2(C)C)[nH]1. The first-order chi connectivity index (χ1) is 16.7. The van der Waals surface area contributed by atoms with E-state index in [2.05, 4.69) is 30.7 Å². The fraction of sp³-hybridized carbons (Fsp3) is 0.517. The smallest absolute Gasteiger partial charge is 0.272 e. The van der Waals surface area contributed by atoms with Gasteiger partial charge in [0.25, 0.3) is 5.91 Å². The van der Waals surface area contributed by atoms with E-state index in [0.717, 1.165) is 12.0 Å². The number of amides is 1. The second-order valence-electron chi connectivity index (χ2n) is 11.6. The first-order valence-electron chi connectivity index (χ1n) is 12.7. The molecule has 0 radical (unpaired) electrons. The van der Waals surface area contributed by atoms with Crippen molar-refractivity contribution in [3.8, 4) is 0 Å². The van der Waals surface area contributed by atoms with Gasteiger partial charge in [-0.2, -0.15) is 0 Å². The summed E-state index contributed by atoms with van der Waals surface area (Å²) in [5, 5.41) is 6.25. The standard InChI is InChI=1S/C29H39FN4O2/c1-8-19(15-23(31)20-9-11-21(30)12-10-20)26-32-17-24(33-26)27(36)34-14-13-22(25(35)28(3,4)5)18(2)16-29(34,6)7/h9-12,15,17-18,22,31H,8,13-14,16H2,1-7H3,(H,32,33)/p+1/b19-15-,31-23?. The minimum atomic E-state index is -0.407. The van der Waals surface area contributed by atoms with Gasteiger partial charge in [0.1, 0.15) is 23.1 Å². The van der Waals surface area contributed by atoms with Gasteiger partial charge in [0.05, 0.1) is 6.20 Å². The second-order valence-corrected chi connectivity index (χ2v) is 11.6. The fourth-order valence-corrected chi connectivity index (χ4v) is 5.21. The van der Waals surface area contributed by atoms with E-state index in [-0.39, 0.29) is 29.3 Å². The largest absolute Gasteiger partial charge is 0.334 e. The van der Waals surface area contributed by atoms with Crippen molar-refractivity contribution in [2.45, 2.75) is 73.3 Å². The van der Waals surface area contributed by atoms with Crippen LogP contribution in [0.1, 0.15) is 89.6 Å². The molecule has 1 aliphatic rings. The molecule has 7 heteroatoms. The maximum absolute atomic E-state index is 13.6. The number of allylic oxidation sites excluding steroid dienone is 2. The van der Waals surface area contributed by atoms with E-state index in [1.807, 2.05) is 32.6 Å². The van der Waals surface area contributed by atoms with E-state index in [1.54, 1.807) is 24.4 Å². The average molecular weight is 496 g/mol. The molecule has 2 atom stereocenters. The molecule has 1 saturated heterocycles. The van der Waals surface area contributed by atoms with Crippen molar-refractivity contribution >= 4 is 23.0 Å². The minimum absolute atomic E-state index is 0.0704. The van der Waals surface area contributed by atoms with Crippen molar-refractivity contribution in [3.63, 3.8) is 0 Å². The van der Waals surface area contributed by atoms with E-state index in [4.69, 9.17) is 5.41 Å². The van der Waals surface area contributed by atoms with Crippen molar-refractivity contribution in [1.82, 2.24) is 14.9 Å². The van der Waals surface area contributed by atoms with Crippen LogP contribution < -0.4 is 5.41 Å². The van der Waals surface area contributed by atoms with E-state index >= 15 is 0 Å². The van der Waals surface area contributed by atoms with Crippen LogP contribution in [0.4, 0.5) is 4.39 Å². The number of nitrogens with one attached hydrogen (secondary N) is 1. The number of aromatic nitrogens is 2. The minimum Gasteiger partial charge on any atom is -0.334 e. The Balaban J connectivity index is 1.83. The fourth-order valence-electron chi connectivity index (χ4n) is 5.21. The van der Waals surface area contributed by atoms with Gasteiger partial charge in [-0.15, -0.1) is 0 Å². The van der Waals surface area contributed by atoms with Crippen LogP contribution in [0.15, 0.2) is 36.5 Å². The molecule has 3 N–H and O–H groups in total. The third kappa shape index (κ3) is 6.00.